The van der Waals surface area contributed by atoms with Crippen LogP contribution in [0.1, 0.15) is 31.2 Å². The number of nitrogens with one attached hydrogen (secondary N) is 1. The molecule has 0 bridgehead atoms. The zero-order valence-corrected chi connectivity index (χ0v) is 20.3. The number of fused-ring (bicyclic) bond motifs is 2. The normalized spacial score (nSPS) is 25.5. The zero-order chi connectivity index (χ0) is 24.9. The summed E-state index contributed by atoms with van der Waals surface area (Å²) in [7, 11) is 1.87. The van der Waals surface area contributed by atoms with Gasteiger partial charge >= 0.3 is 6.18 Å². The van der Waals surface area contributed by atoms with Crippen molar-refractivity contribution in [3.05, 3.63) is 36.2 Å². The molecule has 6 rings (SSSR count). The Hall–Kier alpha value is -2.72. The number of ether oxygens (including phenoxy) is 1. The Morgan fingerprint density at radius 1 is 1.06 bits per heavy atom. The first-order valence-electron chi connectivity index (χ1n) is 12.8. The maximum Gasteiger partial charge on any atom is 0.420 e. The van der Waals surface area contributed by atoms with E-state index in [4.69, 9.17) is 4.74 Å². The summed E-state index contributed by atoms with van der Waals surface area (Å²) in [5.41, 5.74) is 1.58. The van der Waals surface area contributed by atoms with Gasteiger partial charge in [0.25, 0.3) is 0 Å². The van der Waals surface area contributed by atoms with Gasteiger partial charge in [0.1, 0.15) is 5.56 Å². The zero-order valence-electron chi connectivity index (χ0n) is 20.3. The second kappa shape index (κ2) is 9.30. The predicted octanol–water partition coefficient (Wildman–Crippen LogP) is 4.60. The lowest BCUT2D eigenvalue weighted by atomic mass is 10.00. The number of halogens is 3. The summed E-state index contributed by atoms with van der Waals surface area (Å²) < 4.78 is 49.5. The van der Waals surface area contributed by atoms with E-state index in [0.29, 0.717) is 28.8 Å². The Kier molecular flexibility index (Phi) is 6.11. The average Bonchev–Trinajstić information content (AvgIpc) is 3.52. The van der Waals surface area contributed by atoms with Crippen molar-refractivity contribution in [1.82, 2.24) is 24.6 Å². The van der Waals surface area contributed by atoms with Crippen LogP contribution in [0.4, 0.5) is 19.0 Å². The Labute approximate surface area is 208 Å². The van der Waals surface area contributed by atoms with E-state index < -0.39 is 11.7 Å². The van der Waals surface area contributed by atoms with Crippen LogP contribution >= 0.6 is 0 Å². The van der Waals surface area contributed by atoms with Gasteiger partial charge in [-0.2, -0.15) is 13.2 Å². The molecule has 3 aliphatic rings. The lowest BCUT2D eigenvalue weighted by Gasteiger charge is -2.28. The van der Waals surface area contributed by atoms with E-state index in [9.17, 15) is 13.2 Å². The molecule has 2 saturated heterocycles. The summed E-state index contributed by atoms with van der Waals surface area (Å²) in [5.74, 6) is 1.57. The second-order valence-electron chi connectivity index (χ2n) is 10.7. The van der Waals surface area contributed by atoms with E-state index >= 15 is 0 Å². The number of likely N-dealkylation sites (tertiary alicyclic amines) is 1. The van der Waals surface area contributed by atoms with E-state index in [1.54, 1.807) is 18.5 Å². The third-order valence-corrected chi connectivity index (χ3v) is 8.15. The van der Waals surface area contributed by atoms with Crippen LogP contribution in [0.15, 0.2) is 30.6 Å². The minimum absolute atomic E-state index is 0.0173. The molecule has 1 N–H and O–H groups in total. The number of imidazole rings is 1. The van der Waals surface area contributed by atoms with Crippen LogP contribution in [0.5, 0.6) is 0 Å². The molecule has 7 nitrogen and oxygen atoms in total. The van der Waals surface area contributed by atoms with Crippen LogP contribution < -0.4 is 5.32 Å². The van der Waals surface area contributed by atoms with Crippen molar-refractivity contribution in [3.63, 3.8) is 0 Å². The number of anilines is 1. The summed E-state index contributed by atoms with van der Waals surface area (Å²) >= 11 is 0. The van der Waals surface area contributed by atoms with Crippen LogP contribution in [0.25, 0.3) is 22.3 Å². The molecule has 0 radical (unpaired) electrons. The summed E-state index contributed by atoms with van der Waals surface area (Å²) in [5, 5.41) is 11.3. The molecule has 0 amide bonds. The van der Waals surface area contributed by atoms with Crippen LogP contribution in [0.3, 0.4) is 0 Å². The predicted molar refractivity (Wildman–Crippen MR) is 130 cm³/mol. The summed E-state index contributed by atoms with van der Waals surface area (Å²) in [6.07, 6.45) is 1.13. The third-order valence-electron chi connectivity index (χ3n) is 8.15. The number of aryl methyl sites for hydroxylation is 1. The molecule has 3 aromatic rings. The highest BCUT2D eigenvalue weighted by molar-refractivity contribution is 5.81. The highest BCUT2D eigenvalue weighted by Gasteiger charge is 2.43. The Morgan fingerprint density at radius 3 is 2.53 bits per heavy atom. The van der Waals surface area contributed by atoms with Gasteiger partial charge in [-0.1, -0.05) is 6.07 Å². The summed E-state index contributed by atoms with van der Waals surface area (Å²) in [6, 6.07) is 6.42. The van der Waals surface area contributed by atoms with E-state index in [1.165, 1.54) is 0 Å². The summed E-state index contributed by atoms with van der Waals surface area (Å²) in [4.78, 5) is 6.85. The smallest absolute Gasteiger partial charge is 0.381 e. The van der Waals surface area contributed by atoms with Crippen molar-refractivity contribution in [1.29, 1.82) is 0 Å². The maximum atomic E-state index is 14.0. The van der Waals surface area contributed by atoms with Crippen LogP contribution in [-0.4, -0.2) is 63.5 Å². The first kappa shape index (κ1) is 23.7. The van der Waals surface area contributed by atoms with Gasteiger partial charge < -0.3 is 19.5 Å². The van der Waals surface area contributed by atoms with Crippen molar-refractivity contribution in [2.45, 2.75) is 37.9 Å². The first-order valence-corrected chi connectivity index (χ1v) is 12.8. The number of nitrogens with zero attached hydrogens (tertiary/aromatic N) is 5. The topological polar surface area (TPSA) is 68.1 Å². The van der Waals surface area contributed by atoms with Crippen LogP contribution in [-0.2, 0) is 18.0 Å². The molecule has 3 fully saturated rings. The number of benzene rings is 1. The molecule has 0 spiro atoms. The highest BCUT2D eigenvalue weighted by Crippen LogP contribution is 2.42. The van der Waals surface area contributed by atoms with Crippen molar-refractivity contribution in [2.24, 2.45) is 24.8 Å². The highest BCUT2D eigenvalue weighted by atomic mass is 19.4. The van der Waals surface area contributed by atoms with Gasteiger partial charge in [-0.05, 0) is 61.6 Å². The van der Waals surface area contributed by atoms with Gasteiger partial charge in [0.15, 0.2) is 5.82 Å². The van der Waals surface area contributed by atoms with Crippen molar-refractivity contribution in [2.75, 3.05) is 38.2 Å². The van der Waals surface area contributed by atoms with Gasteiger partial charge in [0.05, 0.1) is 23.1 Å². The van der Waals surface area contributed by atoms with Crippen molar-refractivity contribution >= 4 is 16.9 Å². The van der Waals surface area contributed by atoms with Crippen LogP contribution in [0.2, 0.25) is 0 Å². The fourth-order valence-electron chi connectivity index (χ4n) is 6.30. The number of aromatic nitrogens is 4. The lowest BCUT2D eigenvalue weighted by Crippen LogP contribution is -2.32. The minimum Gasteiger partial charge on any atom is -0.381 e. The Morgan fingerprint density at radius 2 is 1.81 bits per heavy atom. The molecule has 0 unspecified atom stereocenters. The van der Waals surface area contributed by atoms with E-state index in [0.717, 1.165) is 70.1 Å². The molecular weight excluding hydrogens is 469 g/mol. The molecule has 1 saturated carbocycles. The quantitative estimate of drug-likeness (QED) is 0.553. The van der Waals surface area contributed by atoms with Gasteiger partial charge in [-0.25, -0.2) is 4.98 Å². The minimum atomic E-state index is -4.53. The van der Waals surface area contributed by atoms with E-state index in [-0.39, 0.29) is 17.6 Å². The SMILES string of the molecule is Cn1cnc2cc(-c3cc(C(F)(F)F)c(N[C@H]4C[C@@H]5CN(CC6CCOCC6)C[C@@H]5C4)nn3)ccc21. The fourth-order valence-corrected chi connectivity index (χ4v) is 6.30. The molecule has 2 aromatic heterocycles. The number of hydrogen-bond donors (Lipinski definition) is 1. The molecule has 2 aliphatic heterocycles. The van der Waals surface area contributed by atoms with Gasteiger partial charge in [0.2, 0.25) is 0 Å². The number of alkyl halides is 3. The van der Waals surface area contributed by atoms with Gasteiger partial charge in [-0.15, -0.1) is 10.2 Å². The van der Waals surface area contributed by atoms with Crippen molar-refractivity contribution in [3.8, 4) is 11.3 Å². The van der Waals surface area contributed by atoms with E-state index in [1.807, 2.05) is 17.7 Å². The molecule has 1 aromatic carbocycles. The molecule has 192 valence electrons. The second-order valence-corrected chi connectivity index (χ2v) is 10.7. The number of hydrogen-bond acceptors (Lipinski definition) is 6. The monoisotopic (exact) mass is 500 g/mol. The maximum absolute atomic E-state index is 14.0. The molecule has 10 heteroatoms. The van der Waals surface area contributed by atoms with E-state index in [2.05, 4.69) is 25.4 Å². The first-order chi connectivity index (χ1) is 17.3. The standard InChI is InChI=1S/C26H31F3N6O/c1-34-15-30-23-10-17(2-3-24(23)34)22-11-21(26(27,28)29)25(33-32-22)31-20-8-18-13-35(14-19(18)9-20)12-16-4-6-36-7-5-16/h2-3,10-11,15-16,18-20H,4-9,12-14H2,1H3,(H,31,33)/t18-,19+,20+. The third kappa shape index (κ3) is 4.68. The van der Waals surface area contributed by atoms with Crippen LogP contribution in [0, 0.1) is 17.8 Å². The number of rotatable bonds is 5. The van der Waals surface area contributed by atoms with Crippen molar-refractivity contribution < 1.29 is 17.9 Å². The molecular formula is C26H31F3N6O. The molecule has 36 heavy (non-hydrogen) atoms. The summed E-state index contributed by atoms with van der Waals surface area (Å²) in [6.45, 7) is 4.90. The molecule has 1 aliphatic carbocycles. The van der Waals surface area contributed by atoms with Gasteiger partial charge in [-0.3, -0.25) is 0 Å². The Balaban J connectivity index is 1.15. The largest absolute Gasteiger partial charge is 0.420 e. The van der Waals surface area contributed by atoms with Gasteiger partial charge in [0, 0.05) is 51.5 Å². The fraction of sp³-hybridized carbons (Fsp3) is 0.577. The molecule has 3 atom stereocenters. The average molecular weight is 501 g/mol. The lowest BCUT2D eigenvalue weighted by molar-refractivity contribution is -0.137. The molecule has 4 heterocycles. The Bertz CT molecular complexity index is 1220.